The Morgan fingerprint density at radius 1 is 1.50 bits per heavy atom. The van der Waals surface area contributed by atoms with E-state index in [1.165, 1.54) is 18.2 Å². The third-order valence-electron chi connectivity index (χ3n) is 3.89. The summed E-state index contributed by atoms with van der Waals surface area (Å²) in [5, 5.41) is 11.9. The second-order valence-electron chi connectivity index (χ2n) is 5.43. The SMILES string of the molecule is CC1CCC(C#N)(NC(=O)c2cccc(F)c2Cl)CC1. The summed E-state index contributed by atoms with van der Waals surface area (Å²) in [6.45, 7) is 2.13. The zero-order valence-electron chi connectivity index (χ0n) is 11.2. The van der Waals surface area contributed by atoms with E-state index in [0.717, 1.165) is 12.8 Å². The van der Waals surface area contributed by atoms with Gasteiger partial charge in [-0.15, -0.1) is 0 Å². The Labute approximate surface area is 122 Å². The lowest BCUT2D eigenvalue weighted by atomic mass is 9.78. The van der Waals surface area contributed by atoms with E-state index in [2.05, 4.69) is 18.3 Å². The van der Waals surface area contributed by atoms with Crippen LogP contribution in [0.15, 0.2) is 18.2 Å². The van der Waals surface area contributed by atoms with E-state index in [0.29, 0.717) is 18.8 Å². The van der Waals surface area contributed by atoms with Crippen LogP contribution in [-0.4, -0.2) is 11.4 Å². The molecule has 0 spiro atoms. The molecule has 0 aromatic heterocycles. The van der Waals surface area contributed by atoms with Crippen LogP contribution in [0.4, 0.5) is 4.39 Å². The number of benzene rings is 1. The molecule has 0 bridgehead atoms. The summed E-state index contributed by atoms with van der Waals surface area (Å²) >= 11 is 5.80. The molecule has 1 aromatic carbocycles. The van der Waals surface area contributed by atoms with Gasteiger partial charge in [0.2, 0.25) is 0 Å². The Bertz CT molecular complexity index is 559. The van der Waals surface area contributed by atoms with Gasteiger partial charge in [0.05, 0.1) is 16.7 Å². The highest BCUT2D eigenvalue weighted by Gasteiger charge is 2.36. The highest BCUT2D eigenvalue weighted by molar-refractivity contribution is 6.34. The molecule has 0 atom stereocenters. The standard InChI is InChI=1S/C15H16ClFN2O/c1-10-5-7-15(9-18,8-6-10)19-14(20)11-3-2-4-12(17)13(11)16/h2-4,10H,5-8H2,1H3,(H,19,20). The van der Waals surface area contributed by atoms with Crippen molar-refractivity contribution in [2.75, 3.05) is 0 Å². The minimum Gasteiger partial charge on any atom is -0.334 e. The number of rotatable bonds is 2. The van der Waals surface area contributed by atoms with Gasteiger partial charge < -0.3 is 5.32 Å². The highest BCUT2D eigenvalue weighted by Crippen LogP contribution is 2.32. The van der Waals surface area contributed by atoms with Crippen LogP contribution in [0.25, 0.3) is 0 Å². The maximum atomic E-state index is 13.4. The number of hydrogen-bond acceptors (Lipinski definition) is 2. The number of amides is 1. The van der Waals surface area contributed by atoms with Crippen LogP contribution in [0, 0.1) is 23.1 Å². The number of carbonyl (C=O) groups excluding carboxylic acids is 1. The lowest BCUT2D eigenvalue weighted by Crippen LogP contribution is -2.49. The van der Waals surface area contributed by atoms with E-state index in [1.807, 2.05) is 0 Å². The van der Waals surface area contributed by atoms with Crippen molar-refractivity contribution in [3.05, 3.63) is 34.6 Å². The van der Waals surface area contributed by atoms with Gasteiger partial charge in [0.25, 0.3) is 5.91 Å². The summed E-state index contributed by atoms with van der Waals surface area (Å²) < 4.78 is 13.4. The van der Waals surface area contributed by atoms with E-state index in [9.17, 15) is 14.4 Å². The number of nitrogens with one attached hydrogen (secondary N) is 1. The van der Waals surface area contributed by atoms with Gasteiger partial charge in [-0.25, -0.2) is 4.39 Å². The average Bonchev–Trinajstić information content (AvgIpc) is 2.44. The fourth-order valence-electron chi connectivity index (χ4n) is 2.48. The molecule has 2 rings (SSSR count). The summed E-state index contributed by atoms with van der Waals surface area (Å²) in [4.78, 5) is 12.2. The van der Waals surface area contributed by atoms with Crippen LogP contribution in [0.2, 0.25) is 5.02 Å². The fourth-order valence-corrected chi connectivity index (χ4v) is 2.70. The molecule has 0 radical (unpaired) electrons. The first-order chi connectivity index (χ1) is 9.47. The van der Waals surface area contributed by atoms with Gasteiger partial charge in [0.1, 0.15) is 11.4 Å². The van der Waals surface area contributed by atoms with Crippen LogP contribution in [0.1, 0.15) is 43.0 Å². The number of halogens is 2. The molecule has 20 heavy (non-hydrogen) atoms. The van der Waals surface area contributed by atoms with Crippen molar-refractivity contribution in [1.29, 1.82) is 5.26 Å². The summed E-state index contributed by atoms with van der Waals surface area (Å²) in [5.41, 5.74) is -0.793. The Balaban J connectivity index is 2.18. The first-order valence-electron chi connectivity index (χ1n) is 6.65. The van der Waals surface area contributed by atoms with E-state index in [-0.39, 0.29) is 10.6 Å². The molecule has 1 fully saturated rings. The zero-order valence-corrected chi connectivity index (χ0v) is 12.0. The predicted octanol–water partition coefficient (Wildman–Crippen LogP) is 3.68. The Hall–Kier alpha value is -1.60. The molecule has 0 saturated heterocycles. The largest absolute Gasteiger partial charge is 0.334 e. The van der Waals surface area contributed by atoms with E-state index < -0.39 is 17.3 Å². The molecule has 0 heterocycles. The summed E-state index contributed by atoms with van der Waals surface area (Å²) in [5.74, 6) is -0.570. The number of carbonyl (C=O) groups is 1. The first-order valence-corrected chi connectivity index (χ1v) is 7.03. The topological polar surface area (TPSA) is 52.9 Å². The third kappa shape index (κ3) is 2.94. The molecule has 5 heteroatoms. The minimum atomic E-state index is -0.862. The van der Waals surface area contributed by atoms with Gasteiger partial charge in [-0.1, -0.05) is 24.6 Å². The second kappa shape index (κ2) is 5.80. The molecular formula is C15H16ClFN2O. The second-order valence-corrected chi connectivity index (χ2v) is 5.81. The molecule has 0 aliphatic heterocycles. The molecule has 1 amide bonds. The van der Waals surface area contributed by atoms with Crippen LogP contribution in [-0.2, 0) is 0 Å². The summed E-state index contributed by atoms with van der Waals surface area (Å²) in [6.07, 6.45) is 3.02. The van der Waals surface area contributed by atoms with Gasteiger partial charge in [-0.3, -0.25) is 4.79 Å². The van der Waals surface area contributed by atoms with Crippen molar-refractivity contribution in [3.63, 3.8) is 0 Å². The first kappa shape index (κ1) is 14.8. The average molecular weight is 295 g/mol. The molecule has 1 saturated carbocycles. The van der Waals surface area contributed by atoms with Crippen molar-refractivity contribution in [3.8, 4) is 6.07 Å². The molecule has 0 unspecified atom stereocenters. The zero-order chi connectivity index (χ0) is 14.8. The maximum Gasteiger partial charge on any atom is 0.254 e. The van der Waals surface area contributed by atoms with Crippen LogP contribution >= 0.6 is 11.6 Å². The molecule has 1 aromatic rings. The van der Waals surface area contributed by atoms with E-state index in [4.69, 9.17) is 11.6 Å². The summed E-state index contributed by atoms with van der Waals surface area (Å²) in [7, 11) is 0. The molecular weight excluding hydrogens is 279 g/mol. The van der Waals surface area contributed by atoms with Crippen LogP contribution in [0.5, 0.6) is 0 Å². The molecule has 106 valence electrons. The normalized spacial score (nSPS) is 25.8. The van der Waals surface area contributed by atoms with E-state index >= 15 is 0 Å². The van der Waals surface area contributed by atoms with Crippen molar-refractivity contribution >= 4 is 17.5 Å². The smallest absolute Gasteiger partial charge is 0.254 e. The van der Waals surface area contributed by atoms with Crippen molar-refractivity contribution in [1.82, 2.24) is 5.32 Å². The fraction of sp³-hybridized carbons (Fsp3) is 0.467. The van der Waals surface area contributed by atoms with Gasteiger partial charge in [-0.2, -0.15) is 5.26 Å². The highest BCUT2D eigenvalue weighted by atomic mass is 35.5. The Kier molecular flexibility index (Phi) is 4.29. The number of hydrogen-bond donors (Lipinski definition) is 1. The molecule has 1 aliphatic carbocycles. The maximum absolute atomic E-state index is 13.4. The van der Waals surface area contributed by atoms with E-state index in [1.54, 1.807) is 0 Å². The van der Waals surface area contributed by atoms with Crippen LogP contribution in [0.3, 0.4) is 0 Å². The lowest BCUT2D eigenvalue weighted by molar-refractivity contribution is 0.0893. The third-order valence-corrected chi connectivity index (χ3v) is 4.28. The Morgan fingerprint density at radius 3 is 2.75 bits per heavy atom. The van der Waals surface area contributed by atoms with Crippen molar-refractivity contribution < 1.29 is 9.18 Å². The number of nitriles is 1. The minimum absolute atomic E-state index is 0.0694. The molecule has 1 aliphatic rings. The summed E-state index contributed by atoms with van der Waals surface area (Å²) in [6, 6.07) is 6.28. The van der Waals surface area contributed by atoms with Crippen molar-refractivity contribution in [2.45, 2.75) is 38.1 Å². The Morgan fingerprint density at radius 2 is 2.15 bits per heavy atom. The van der Waals surface area contributed by atoms with Gasteiger partial charge in [0, 0.05) is 0 Å². The van der Waals surface area contributed by atoms with Gasteiger partial charge in [0.15, 0.2) is 0 Å². The van der Waals surface area contributed by atoms with Crippen LogP contribution < -0.4 is 5.32 Å². The number of nitrogens with zero attached hydrogens (tertiary/aromatic N) is 1. The molecule has 3 nitrogen and oxygen atoms in total. The lowest BCUT2D eigenvalue weighted by Gasteiger charge is -2.34. The quantitative estimate of drug-likeness (QED) is 0.904. The van der Waals surface area contributed by atoms with Crippen molar-refractivity contribution in [2.24, 2.45) is 5.92 Å². The molecule has 1 N–H and O–H groups in total. The van der Waals surface area contributed by atoms with Gasteiger partial charge >= 0.3 is 0 Å². The predicted molar refractivity (Wildman–Crippen MR) is 74.9 cm³/mol. The monoisotopic (exact) mass is 294 g/mol. The van der Waals surface area contributed by atoms with Gasteiger partial charge in [-0.05, 0) is 43.7 Å².